The van der Waals surface area contributed by atoms with E-state index in [-0.39, 0.29) is 24.0 Å². The van der Waals surface area contributed by atoms with E-state index in [1.807, 2.05) is 24.3 Å². The number of amides is 2. The maximum Gasteiger partial charge on any atom is 0.319 e. The molecule has 2 amide bonds. The summed E-state index contributed by atoms with van der Waals surface area (Å²) >= 11 is 0. The Balaban J connectivity index is 1.50. The predicted octanol–water partition coefficient (Wildman–Crippen LogP) is 3.97. The van der Waals surface area contributed by atoms with E-state index in [0.29, 0.717) is 16.9 Å². The maximum atomic E-state index is 12.7. The van der Waals surface area contributed by atoms with Crippen LogP contribution in [-0.2, 0) is 9.59 Å². The van der Waals surface area contributed by atoms with Gasteiger partial charge in [-0.2, -0.15) is 0 Å². The number of rotatable bonds is 4. The number of anilines is 2. The van der Waals surface area contributed by atoms with Crippen molar-refractivity contribution in [2.75, 3.05) is 10.6 Å². The smallest absolute Gasteiger partial charge is 0.319 e. The molecule has 1 atom stereocenters. The van der Waals surface area contributed by atoms with Crippen LogP contribution in [0.4, 0.5) is 11.4 Å². The minimum Gasteiger partial charge on any atom is -0.426 e. The fourth-order valence-electron chi connectivity index (χ4n) is 3.23. The third kappa shape index (κ3) is 4.16. The Hall–Kier alpha value is -3.93. The number of fused-ring (bicyclic) bond motifs is 1. The molecule has 0 spiro atoms. The first-order valence-electron chi connectivity index (χ1n) is 9.17. The molecule has 0 fully saturated rings. The Bertz CT molecular complexity index is 1080. The normalized spacial score (nSPS) is 15.0. The third-order valence-corrected chi connectivity index (χ3v) is 4.63. The van der Waals surface area contributed by atoms with Gasteiger partial charge in [0.1, 0.15) is 5.75 Å². The minimum atomic E-state index is -0.693. The average molecular weight is 386 g/mol. The van der Waals surface area contributed by atoms with Gasteiger partial charge < -0.3 is 15.4 Å². The van der Waals surface area contributed by atoms with Crippen molar-refractivity contribution in [2.24, 2.45) is 0 Å². The summed E-state index contributed by atoms with van der Waals surface area (Å²) in [6.07, 6.45) is 0.0179. The first-order chi connectivity index (χ1) is 14.1. The highest BCUT2D eigenvalue weighted by atomic mass is 16.5. The molecule has 1 heterocycles. The molecule has 0 aromatic heterocycles. The first-order valence-corrected chi connectivity index (χ1v) is 9.17. The SMILES string of the molecule is O=C1CC(C(=O)Oc2cccc(C(=O)Nc3ccccc3)c2)c2ccccc2N1. The molecule has 6 nitrogen and oxygen atoms in total. The summed E-state index contributed by atoms with van der Waals surface area (Å²) in [7, 11) is 0. The van der Waals surface area contributed by atoms with Gasteiger partial charge in [0.25, 0.3) is 5.91 Å². The zero-order valence-corrected chi connectivity index (χ0v) is 15.4. The number of hydrogen-bond donors (Lipinski definition) is 2. The number of carbonyl (C=O) groups excluding carboxylic acids is 3. The van der Waals surface area contributed by atoms with Crippen LogP contribution >= 0.6 is 0 Å². The van der Waals surface area contributed by atoms with Gasteiger partial charge in [0, 0.05) is 23.4 Å². The van der Waals surface area contributed by atoms with Gasteiger partial charge >= 0.3 is 5.97 Å². The van der Waals surface area contributed by atoms with Crippen LogP contribution < -0.4 is 15.4 Å². The van der Waals surface area contributed by atoms with Crippen molar-refractivity contribution in [3.8, 4) is 5.75 Å². The maximum absolute atomic E-state index is 12.7. The largest absolute Gasteiger partial charge is 0.426 e. The molecule has 3 aromatic carbocycles. The Morgan fingerprint density at radius 2 is 1.69 bits per heavy atom. The molecule has 0 saturated heterocycles. The van der Waals surface area contributed by atoms with Crippen LogP contribution in [-0.4, -0.2) is 17.8 Å². The van der Waals surface area contributed by atoms with Crippen molar-refractivity contribution in [1.82, 2.24) is 0 Å². The van der Waals surface area contributed by atoms with Gasteiger partial charge in [0.15, 0.2) is 0 Å². The van der Waals surface area contributed by atoms with E-state index in [1.165, 1.54) is 6.07 Å². The van der Waals surface area contributed by atoms with Crippen molar-refractivity contribution >= 4 is 29.2 Å². The summed E-state index contributed by atoms with van der Waals surface area (Å²) < 4.78 is 5.50. The van der Waals surface area contributed by atoms with E-state index in [2.05, 4.69) is 10.6 Å². The molecule has 29 heavy (non-hydrogen) atoms. The van der Waals surface area contributed by atoms with E-state index in [4.69, 9.17) is 4.74 Å². The molecule has 0 radical (unpaired) electrons. The monoisotopic (exact) mass is 386 g/mol. The van der Waals surface area contributed by atoms with Gasteiger partial charge in [0.05, 0.1) is 5.92 Å². The van der Waals surface area contributed by atoms with Crippen molar-refractivity contribution in [3.63, 3.8) is 0 Å². The summed E-state index contributed by atoms with van der Waals surface area (Å²) in [5, 5.41) is 5.54. The number of carbonyl (C=O) groups is 3. The molecular weight excluding hydrogens is 368 g/mol. The Labute approximate surface area is 167 Å². The first kappa shape index (κ1) is 18.4. The molecule has 1 aliphatic rings. The molecule has 0 aliphatic carbocycles. The van der Waals surface area contributed by atoms with Crippen molar-refractivity contribution in [2.45, 2.75) is 12.3 Å². The molecule has 1 aliphatic heterocycles. The lowest BCUT2D eigenvalue weighted by Crippen LogP contribution is -2.29. The average Bonchev–Trinajstić information content (AvgIpc) is 2.74. The van der Waals surface area contributed by atoms with Crippen LogP contribution in [0, 0.1) is 0 Å². The summed E-state index contributed by atoms with van der Waals surface area (Å²) in [4.78, 5) is 37.1. The standard InChI is InChI=1S/C23H18N2O4/c26-21-14-19(18-11-4-5-12-20(18)25-21)23(28)29-17-10-6-7-15(13-17)22(27)24-16-8-2-1-3-9-16/h1-13,19H,14H2,(H,24,27)(H,25,26). The van der Waals surface area contributed by atoms with E-state index in [0.717, 1.165) is 5.56 Å². The van der Waals surface area contributed by atoms with Gasteiger partial charge in [-0.15, -0.1) is 0 Å². The second kappa shape index (κ2) is 7.98. The van der Waals surface area contributed by atoms with E-state index in [1.54, 1.807) is 48.5 Å². The lowest BCUT2D eigenvalue weighted by Gasteiger charge is -2.24. The Morgan fingerprint density at radius 3 is 2.52 bits per heavy atom. The lowest BCUT2D eigenvalue weighted by atomic mass is 9.91. The van der Waals surface area contributed by atoms with Gasteiger partial charge in [-0.3, -0.25) is 14.4 Å². The van der Waals surface area contributed by atoms with Crippen LogP contribution in [0.3, 0.4) is 0 Å². The summed E-state index contributed by atoms with van der Waals surface area (Å²) in [6.45, 7) is 0. The molecule has 144 valence electrons. The summed E-state index contributed by atoms with van der Waals surface area (Å²) in [5.41, 5.74) is 2.36. The van der Waals surface area contributed by atoms with Gasteiger partial charge in [-0.05, 0) is 42.0 Å². The van der Waals surface area contributed by atoms with Crippen molar-refractivity contribution in [3.05, 3.63) is 90.0 Å². The molecule has 4 rings (SSSR count). The fraction of sp³-hybridized carbons (Fsp3) is 0.0870. The molecular formula is C23H18N2O4. The molecule has 2 N–H and O–H groups in total. The van der Waals surface area contributed by atoms with E-state index >= 15 is 0 Å². The second-order valence-corrected chi connectivity index (χ2v) is 6.66. The Morgan fingerprint density at radius 1 is 0.931 bits per heavy atom. The second-order valence-electron chi connectivity index (χ2n) is 6.66. The van der Waals surface area contributed by atoms with Gasteiger partial charge in [-0.1, -0.05) is 42.5 Å². The van der Waals surface area contributed by atoms with Crippen LogP contribution in [0.25, 0.3) is 0 Å². The van der Waals surface area contributed by atoms with Gasteiger partial charge in [0.2, 0.25) is 5.91 Å². The van der Waals surface area contributed by atoms with Crippen LogP contribution in [0.1, 0.15) is 28.3 Å². The third-order valence-electron chi connectivity index (χ3n) is 4.63. The minimum absolute atomic E-state index is 0.0179. The number of hydrogen-bond acceptors (Lipinski definition) is 4. The molecule has 0 bridgehead atoms. The van der Waals surface area contributed by atoms with Crippen LogP contribution in [0.2, 0.25) is 0 Å². The lowest BCUT2D eigenvalue weighted by molar-refractivity contribution is -0.138. The topological polar surface area (TPSA) is 84.5 Å². The van der Waals surface area contributed by atoms with Crippen LogP contribution in [0.5, 0.6) is 5.75 Å². The highest BCUT2D eigenvalue weighted by molar-refractivity contribution is 6.04. The zero-order chi connectivity index (χ0) is 20.2. The molecule has 6 heteroatoms. The summed E-state index contributed by atoms with van der Waals surface area (Å²) in [6, 6.07) is 22.6. The number of benzene rings is 3. The molecule has 3 aromatic rings. The highest BCUT2D eigenvalue weighted by Gasteiger charge is 2.32. The van der Waals surface area contributed by atoms with Gasteiger partial charge in [-0.25, -0.2) is 0 Å². The number of esters is 1. The van der Waals surface area contributed by atoms with Crippen molar-refractivity contribution in [1.29, 1.82) is 0 Å². The number of ether oxygens (including phenoxy) is 1. The van der Waals surface area contributed by atoms with Crippen LogP contribution in [0.15, 0.2) is 78.9 Å². The quantitative estimate of drug-likeness (QED) is 0.525. The fourth-order valence-corrected chi connectivity index (χ4v) is 3.23. The molecule has 0 saturated carbocycles. The van der Waals surface area contributed by atoms with E-state index < -0.39 is 11.9 Å². The number of nitrogens with one attached hydrogen (secondary N) is 2. The van der Waals surface area contributed by atoms with E-state index in [9.17, 15) is 14.4 Å². The zero-order valence-electron chi connectivity index (χ0n) is 15.4. The summed E-state index contributed by atoms with van der Waals surface area (Å²) in [5.74, 6) is -1.52. The molecule has 1 unspecified atom stereocenters. The van der Waals surface area contributed by atoms with Crippen molar-refractivity contribution < 1.29 is 19.1 Å². The Kier molecular flexibility index (Phi) is 5.07. The highest BCUT2D eigenvalue weighted by Crippen LogP contribution is 2.33. The predicted molar refractivity (Wildman–Crippen MR) is 109 cm³/mol. The number of para-hydroxylation sites is 2.